The first-order valence-electron chi connectivity index (χ1n) is 8.39. The van der Waals surface area contributed by atoms with E-state index < -0.39 is 12.6 Å². The summed E-state index contributed by atoms with van der Waals surface area (Å²) in [4.78, 5) is 10.8. The number of fused-ring (bicyclic) bond motifs is 3. The highest BCUT2D eigenvalue weighted by atomic mass is 19.4. The molecule has 1 fully saturated rings. The number of imidazole rings is 1. The molecule has 0 aromatic carbocycles. The number of aromatic nitrogens is 3. The number of rotatable bonds is 3. The SMILES string of the molecule is FC(F)(F)CCN1CCC(n2cnc3cnc4c(c32)CCN4)CC1. The van der Waals surface area contributed by atoms with Crippen molar-refractivity contribution in [2.75, 3.05) is 31.5 Å². The molecule has 0 amide bonds. The standard InChI is InChI=1S/C16H20F3N5/c17-16(18,19)4-8-23-6-2-11(3-7-23)24-10-22-13-9-21-15-12(14(13)24)1-5-20-15/h9-11H,1-8H2,(H,20,21). The predicted molar refractivity (Wildman–Crippen MR) is 85.1 cm³/mol. The number of likely N-dealkylation sites (tertiary alicyclic amines) is 1. The lowest BCUT2D eigenvalue weighted by Gasteiger charge is -2.33. The van der Waals surface area contributed by atoms with Crippen molar-refractivity contribution in [3.63, 3.8) is 0 Å². The Balaban J connectivity index is 1.48. The summed E-state index contributed by atoms with van der Waals surface area (Å²) in [7, 11) is 0. The zero-order chi connectivity index (χ0) is 16.7. The van der Waals surface area contributed by atoms with Gasteiger partial charge in [0.2, 0.25) is 0 Å². The Hall–Kier alpha value is -1.83. The molecule has 1 saturated heterocycles. The van der Waals surface area contributed by atoms with Crippen LogP contribution < -0.4 is 5.32 Å². The lowest BCUT2D eigenvalue weighted by atomic mass is 10.0. The molecule has 0 radical (unpaired) electrons. The van der Waals surface area contributed by atoms with Gasteiger partial charge in [-0.2, -0.15) is 13.2 Å². The molecule has 2 aliphatic heterocycles. The third kappa shape index (κ3) is 2.94. The Morgan fingerprint density at radius 1 is 1.21 bits per heavy atom. The van der Waals surface area contributed by atoms with E-state index in [0.29, 0.717) is 19.1 Å². The van der Waals surface area contributed by atoms with Gasteiger partial charge < -0.3 is 14.8 Å². The minimum absolute atomic E-state index is 0.101. The first kappa shape index (κ1) is 15.7. The van der Waals surface area contributed by atoms with Gasteiger partial charge in [-0.3, -0.25) is 0 Å². The van der Waals surface area contributed by atoms with Gasteiger partial charge in [0, 0.05) is 37.8 Å². The summed E-state index contributed by atoms with van der Waals surface area (Å²) < 4.78 is 39.3. The summed E-state index contributed by atoms with van der Waals surface area (Å²) >= 11 is 0. The molecule has 5 nitrogen and oxygen atoms in total. The molecule has 4 heterocycles. The number of hydrogen-bond acceptors (Lipinski definition) is 4. The molecule has 0 aliphatic carbocycles. The summed E-state index contributed by atoms with van der Waals surface area (Å²) in [6.45, 7) is 2.39. The Kier molecular flexibility index (Phi) is 3.86. The number of nitrogens with zero attached hydrogens (tertiary/aromatic N) is 4. The monoisotopic (exact) mass is 339 g/mol. The Labute approximate surface area is 137 Å². The van der Waals surface area contributed by atoms with Crippen molar-refractivity contribution >= 4 is 16.9 Å². The summed E-state index contributed by atoms with van der Waals surface area (Å²) in [5.41, 5.74) is 3.25. The van der Waals surface area contributed by atoms with Crippen molar-refractivity contribution in [1.29, 1.82) is 0 Å². The molecule has 0 unspecified atom stereocenters. The van der Waals surface area contributed by atoms with Crippen LogP contribution >= 0.6 is 0 Å². The van der Waals surface area contributed by atoms with Gasteiger partial charge in [0.15, 0.2) is 0 Å². The number of nitrogens with one attached hydrogen (secondary N) is 1. The molecule has 2 aromatic rings. The van der Waals surface area contributed by atoms with Gasteiger partial charge >= 0.3 is 6.18 Å². The summed E-state index contributed by atoms with van der Waals surface area (Å²) in [6.07, 6.45) is 1.51. The van der Waals surface area contributed by atoms with E-state index in [-0.39, 0.29) is 6.54 Å². The Bertz CT molecular complexity index is 731. The van der Waals surface area contributed by atoms with Crippen LogP contribution in [-0.4, -0.2) is 51.8 Å². The van der Waals surface area contributed by atoms with Crippen molar-refractivity contribution in [2.24, 2.45) is 0 Å². The third-order valence-corrected chi connectivity index (χ3v) is 5.04. The second-order valence-electron chi connectivity index (χ2n) is 6.59. The van der Waals surface area contributed by atoms with Crippen LogP contribution in [0.5, 0.6) is 0 Å². The van der Waals surface area contributed by atoms with Crippen LogP contribution in [-0.2, 0) is 6.42 Å². The third-order valence-electron chi connectivity index (χ3n) is 5.04. The first-order chi connectivity index (χ1) is 11.5. The minimum Gasteiger partial charge on any atom is -0.369 e. The van der Waals surface area contributed by atoms with Gasteiger partial charge in [-0.05, 0) is 19.3 Å². The number of pyridine rings is 1. The first-order valence-corrected chi connectivity index (χ1v) is 8.39. The van der Waals surface area contributed by atoms with Crippen molar-refractivity contribution in [3.05, 3.63) is 18.1 Å². The number of piperidine rings is 1. The summed E-state index contributed by atoms with van der Waals surface area (Å²) in [5, 5.41) is 3.28. The van der Waals surface area contributed by atoms with Crippen LogP contribution in [0.4, 0.5) is 19.0 Å². The van der Waals surface area contributed by atoms with Crippen molar-refractivity contribution < 1.29 is 13.2 Å². The molecule has 24 heavy (non-hydrogen) atoms. The highest BCUT2D eigenvalue weighted by Crippen LogP contribution is 2.33. The molecule has 2 aromatic heterocycles. The lowest BCUT2D eigenvalue weighted by molar-refractivity contribution is -0.138. The topological polar surface area (TPSA) is 46.0 Å². The molecule has 2 aliphatic rings. The van der Waals surface area contributed by atoms with Crippen molar-refractivity contribution in [3.8, 4) is 0 Å². The maximum atomic E-state index is 12.4. The fourth-order valence-electron chi connectivity index (χ4n) is 3.77. The van der Waals surface area contributed by atoms with E-state index in [0.717, 1.165) is 42.7 Å². The van der Waals surface area contributed by atoms with Crippen LogP contribution in [0.1, 0.15) is 30.9 Å². The van der Waals surface area contributed by atoms with Gasteiger partial charge in [0.1, 0.15) is 11.3 Å². The Morgan fingerprint density at radius 2 is 2.00 bits per heavy atom. The molecule has 0 bridgehead atoms. The normalized spacial score (nSPS) is 19.6. The van der Waals surface area contributed by atoms with Crippen LogP contribution in [0, 0.1) is 0 Å². The highest BCUT2D eigenvalue weighted by Gasteiger charge is 2.30. The van der Waals surface area contributed by atoms with E-state index >= 15 is 0 Å². The van der Waals surface area contributed by atoms with E-state index in [1.807, 2.05) is 11.2 Å². The molecule has 8 heteroatoms. The van der Waals surface area contributed by atoms with Crippen LogP contribution in [0.2, 0.25) is 0 Å². The predicted octanol–water partition coefficient (Wildman–Crippen LogP) is 2.99. The van der Waals surface area contributed by atoms with Gasteiger partial charge in [0.05, 0.1) is 24.5 Å². The maximum absolute atomic E-state index is 12.4. The molecule has 130 valence electrons. The average Bonchev–Trinajstić information content (AvgIpc) is 3.18. The number of halogens is 3. The number of hydrogen-bond donors (Lipinski definition) is 1. The van der Waals surface area contributed by atoms with Crippen molar-refractivity contribution in [1.82, 2.24) is 19.4 Å². The van der Waals surface area contributed by atoms with E-state index in [9.17, 15) is 13.2 Å². The van der Waals surface area contributed by atoms with Gasteiger partial charge in [0.25, 0.3) is 0 Å². The Morgan fingerprint density at radius 3 is 2.75 bits per heavy atom. The van der Waals surface area contributed by atoms with Gasteiger partial charge in [-0.25, -0.2) is 9.97 Å². The lowest BCUT2D eigenvalue weighted by Crippen LogP contribution is -2.36. The second kappa shape index (κ2) is 5.91. The average molecular weight is 339 g/mol. The fourth-order valence-corrected chi connectivity index (χ4v) is 3.77. The van der Waals surface area contributed by atoms with Gasteiger partial charge in [-0.1, -0.05) is 0 Å². The van der Waals surface area contributed by atoms with E-state index in [1.165, 1.54) is 5.56 Å². The quantitative estimate of drug-likeness (QED) is 0.934. The molecule has 4 rings (SSSR count). The summed E-state index contributed by atoms with van der Waals surface area (Å²) in [5.74, 6) is 0.937. The molecule has 1 N–H and O–H groups in total. The van der Waals surface area contributed by atoms with Crippen LogP contribution in [0.25, 0.3) is 11.0 Å². The fraction of sp³-hybridized carbons (Fsp3) is 0.625. The van der Waals surface area contributed by atoms with Crippen molar-refractivity contribution in [2.45, 2.75) is 37.9 Å². The second-order valence-corrected chi connectivity index (χ2v) is 6.59. The molecule has 0 saturated carbocycles. The minimum atomic E-state index is -4.07. The highest BCUT2D eigenvalue weighted by molar-refractivity contribution is 5.83. The smallest absolute Gasteiger partial charge is 0.369 e. The molecule has 0 atom stereocenters. The van der Waals surface area contributed by atoms with Crippen LogP contribution in [0.15, 0.2) is 12.5 Å². The maximum Gasteiger partial charge on any atom is 0.390 e. The van der Waals surface area contributed by atoms with Crippen LogP contribution in [0.3, 0.4) is 0 Å². The van der Waals surface area contributed by atoms with Gasteiger partial charge in [-0.15, -0.1) is 0 Å². The largest absolute Gasteiger partial charge is 0.390 e. The molecular weight excluding hydrogens is 319 g/mol. The number of alkyl halides is 3. The van der Waals surface area contributed by atoms with E-state index in [2.05, 4.69) is 19.9 Å². The molecular formula is C16H20F3N5. The summed E-state index contributed by atoms with van der Waals surface area (Å²) in [6, 6.07) is 0.296. The zero-order valence-corrected chi connectivity index (χ0v) is 13.3. The number of anilines is 1. The van der Waals surface area contributed by atoms with E-state index in [1.54, 1.807) is 6.20 Å². The van der Waals surface area contributed by atoms with E-state index in [4.69, 9.17) is 0 Å². The zero-order valence-electron chi connectivity index (χ0n) is 13.3. The molecule has 0 spiro atoms.